The highest BCUT2D eigenvalue weighted by Crippen LogP contribution is 2.00. The van der Waals surface area contributed by atoms with Crippen molar-refractivity contribution in [3.05, 3.63) is 0 Å². The van der Waals surface area contributed by atoms with E-state index in [4.69, 9.17) is 15.3 Å². The standard InChI is InChI=1S/C5H12N4O5/c6-8-4(13)2(11)1(10)3(12)5(14)9-7/h1-3,10-12H,6-7H2,(H,8,13)(H,9,14)/t1-,2-,3+. The number of nitrogens with one attached hydrogen (secondary N) is 2. The van der Waals surface area contributed by atoms with Gasteiger partial charge in [-0.1, -0.05) is 0 Å². The number of aliphatic hydroxyl groups is 3. The van der Waals surface area contributed by atoms with Gasteiger partial charge in [-0.15, -0.1) is 0 Å². The molecule has 9 nitrogen and oxygen atoms in total. The Morgan fingerprint density at radius 1 is 0.929 bits per heavy atom. The first kappa shape index (κ1) is 12.7. The second kappa shape index (κ2) is 5.47. The minimum absolute atomic E-state index is 1.14. The molecule has 0 rings (SSSR count). The van der Waals surface area contributed by atoms with E-state index in [1.807, 2.05) is 0 Å². The van der Waals surface area contributed by atoms with E-state index in [-0.39, 0.29) is 0 Å². The van der Waals surface area contributed by atoms with Crippen LogP contribution in [-0.4, -0.2) is 45.4 Å². The molecule has 0 saturated heterocycles. The van der Waals surface area contributed by atoms with E-state index in [1.165, 1.54) is 10.9 Å². The fourth-order valence-corrected chi connectivity index (χ4v) is 0.654. The summed E-state index contributed by atoms with van der Waals surface area (Å²) in [6.45, 7) is 0. The molecular weight excluding hydrogens is 196 g/mol. The molecule has 0 heterocycles. The predicted octanol–water partition coefficient (Wildman–Crippen LogP) is -4.95. The van der Waals surface area contributed by atoms with Gasteiger partial charge in [0, 0.05) is 0 Å². The average molecular weight is 208 g/mol. The Morgan fingerprint density at radius 2 is 1.21 bits per heavy atom. The molecule has 0 aromatic rings. The predicted molar refractivity (Wildman–Crippen MR) is 42.7 cm³/mol. The van der Waals surface area contributed by atoms with Crippen molar-refractivity contribution >= 4 is 11.8 Å². The quantitative estimate of drug-likeness (QED) is 0.138. The third-order valence-corrected chi connectivity index (χ3v) is 1.47. The molecule has 82 valence electrons. The van der Waals surface area contributed by atoms with Crippen LogP contribution in [0.15, 0.2) is 0 Å². The molecule has 0 aromatic heterocycles. The Labute approximate surface area is 78.6 Å². The number of carbonyl (C=O) groups is 2. The van der Waals surface area contributed by atoms with E-state index < -0.39 is 30.1 Å². The molecule has 0 radical (unpaired) electrons. The first-order valence-corrected chi connectivity index (χ1v) is 3.50. The summed E-state index contributed by atoms with van der Waals surface area (Å²) in [5.74, 6) is 7.01. The van der Waals surface area contributed by atoms with Crippen molar-refractivity contribution in [2.45, 2.75) is 18.3 Å². The zero-order valence-corrected chi connectivity index (χ0v) is 7.04. The number of carbonyl (C=O) groups excluding carboxylic acids is 2. The number of aliphatic hydroxyl groups excluding tert-OH is 3. The van der Waals surface area contributed by atoms with Crippen molar-refractivity contribution in [3.63, 3.8) is 0 Å². The minimum atomic E-state index is -2.02. The normalized spacial score (nSPS) is 16.6. The van der Waals surface area contributed by atoms with Crippen LogP contribution < -0.4 is 22.5 Å². The lowest BCUT2D eigenvalue weighted by Gasteiger charge is -2.19. The van der Waals surface area contributed by atoms with Crippen LogP contribution in [0, 0.1) is 0 Å². The van der Waals surface area contributed by atoms with Crippen LogP contribution in [0.3, 0.4) is 0 Å². The van der Waals surface area contributed by atoms with E-state index in [9.17, 15) is 9.59 Å². The number of nitrogens with two attached hydrogens (primary N) is 2. The summed E-state index contributed by atoms with van der Waals surface area (Å²) < 4.78 is 0. The van der Waals surface area contributed by atoms with E-state index in [1.54, 1.807) is 0 Å². The maximum Gasteiger partial charge on any atom is 0.265 e. The molecule has 0 aliphatic carbocycles. The van der Waals surface area contributed by atoms with Crippen LogP contribution in [0.25, 0.3) is 0 Å². The van der Waals surface area contributed by atoms with Gasteiger partial charge in [0.1, 0.15) is 6.10 Å². The molecule has 14 heavy (non-hydrogen) atoms. The zero-order valence-electron chi connectivity index (χ0n) is 7.04. The van der Waals surface area contributed by atoms with Crippen LogP contribution in [-0.2, 0) is 9.59 Å². The highest BCUT2D eigenvalue weighted by atomic mass is 16.4. The van der Waals surface area contributed by atoms with Crippen molar-refractivity contribution in [1.29, 1.82) is 0 Å². The van der Waals surface area contributed by atoms with Gasteiger partial charge in [-0.25, -0.2) is 11.7 Å². The van der Waals surface area contributed by atoms with Gasteiger partial charge in [-0.05, 0) is 0 Å². The molecule has 0 saturated carbocycles. The van der Waals surface area contributed by atoms with Gasteiger partial charge in [-0.2, -0.15) is 0 Å². The van der Waals surface area contributed by atoms with Crippen LogP contribution in [0.4, 0.5) is 0 Å². The number of hydrogen-bond donors (Lipinski definition) is 7. The molecule has 0 aliphatic heterocycles. The maximum atomic E-state index is 10.6. The van der Waals surface area contributed by atoms with Crippen molar-refractivity contribution in [1.82, 2.24) is 10.9 Å². The van der Waals surface area contributed by atoms with Crippen molar-refractivity contribution in [2.24, 2.45) is 11.7 Å². The SMILES string of the molecule is NNC(=O)[C@@H](O)[C@H](O)[C@@H](O)C(=O)NN. The summed E-state index contributed by atoms with van der Waals surface area (Å²) in [6.07, 6.45) is -6.05. The van der Waals surface area contributed by atoms with Gasteiger partial charge in [0.15, 0.2) is 12.2 Å². The third kappa shape index (κ3) is 2.90. The van der Waals surface area contributed by atoms with Crippen molar-refractivity contribution in [3.8, 4) is 0 Å². The molecule has 0 aromatic carbocycles. The Morgan fingerprint density at radius 3 is 1.43 bits per heavy atom. The molecular formula is C5H12N4O5. The number of hydrogen-bond acceptors (Lipinski definition) is 7. The lowest BCUT2D eigenvalue weighted by atomic mass is 10.1. The largest absolute Gasteiger partial charge is 0.387 e. The highest BCUT2D eigenvalue weighted by Gasteiger charge is 2.33. The van der Waals surface area contributed by atoms with Crippen LogP contribution in [0.5, 0.6) is 0 Å². The van der Waals surface area contributed by atoms with Crippen molar-refractivity contribution in [2.75, 3.05) is 0 Å². The summed E-state index contributed by atoms with van der Waals surface area (Å²) >= 11 is 0. The van der Waals surface area contributed by atoms with Gasteiger partial charge in [0.05, 0.1) is 0 Å². The Balaban J connectivity index is 4.37. The van der Waals surface area contributed by atoms with E-state index in [2.05, 4.69) is 11.7 Å². The van der Waals surface area contributed by atoms with Crippen LogP contribution in [0.1, 0.15) is 0 Å². The molecule has 0 aliphatic rings. The van der Waals surface area contributed by atoms with Gasteiger partial charge < -0.3 is 15.3 Å². The molecule has 2 amide bonds. The fourth-order valence-electron chi connectivity index (χ4n) is 0.654. The summed E-state index contributed by atoms with van der Waals surface area (Å²) in [5.41, 5.74) is 3.07. The average Bonchev–Trinajstić information content (AvgIpc) is 2.23. The van der Waals surface area contributed by atoms with Gasteiger partial charge >= 0.3 is 0 Å². The van der Waals surface area contributed by atoms with E-state index in [0.717, 1.165) is 0 Å². The summed E-state index contributed by atoms with van der Waals surface area (Å²) in [5, 5.41) is 27.0. The van der Waals surface area contributed by atoms with E-state index in [0.29, 0.717) is 0 Å². The van der Waals surface area contributed by atoms with E-state index >= 15 is 0 Å². The summed E-state index contributed by atoms with van der Waals surface area (Å²) in [7, 11) is 0. The lowest BCUT2D eigenvalue weighted by Crippen LogP contribution is -2.54. The Kier molecular flexibility index (Phi) is 4.97. The van der Waals surface area contributed by atoms with Crippen LogP contribution in [0.2, 0.25) is 0 Å². The van der Waals surface area contributed by atoms with Crippen molar-refractivity contribution < 1.29 is 24.9 Å². The number of amides is 2. The topological polar surface area (TPSA) is 171 Å². The molecule has 0 unspecified atom stereocenters. The van der Waals surface area contributed by atoms with Gasteiger partial charge in [0.25, 0.3) is 11.8 Å². The van der Waals surface area contributed by atoms with Crippen LogP contribution >= 0.6 is 0 Å². The minimum Gasteiger partial charge on any atom is -0.387 e. The molecule has 9 heteroatoms. The van der Waals surface area contributed by atoms with Gasteiger partial charge in [-0.3, -0.25) is 20.4 Å². The Bertz CT molecular complexity index is 200. The molecule has 0 spiro atoms. The maximum absolute atomic E-state index is 10.6. The fraction of sp³-hybridized carbons (Fsp3) is 0.600. The second-order valence-electron chi connectivity index (χ2n) is 2.40. The first-order chi connectivity index (χ1) is 6.45. The highest BCUT2D eigenvalue weighted by molar-refractivity contribution is 5.84. The molecule has 9 N–H and O–H groups in total. The molecule has 0 bridgehead atoms. The zero-order chi connectivity index (χ0) is 11.3. The third-order valence-electron chi connectivity index (χ3n) is 1.47. The lowest BCUT2D eigenvalue weighted by molar-refractivity contribution is -0.149. The number of hydrazine groups is 2. The summed E-state index contributed by atoms with van der Waals surface area (Å²) in [4.78, 5) is 21.3. The Hall–Kier alpha value is -1.26. The smallest absolute Gasteiger partial charge is 0.265 e. The first-order valence-electron chi connectivity index (χ1n) is 3.50. The molecule has 0 fully saturated rings. The second-order valence-corrected chi connectivity index (χ2v) is 2.40. The monoisotopic (exact) mass is 208 g/mol. The van der Waals surface area contributed by atoms with Gasteiger partial charge in [0.2, 0.25) is 0 Å². The molecule has 3 atom stereocenters. The number of rotatable bonds is 4. The summed E-state index contributed by atoms with van der Waals surface area (Å²) in [6, 6.07) is 0.